The first kappa shape index (κ1) is 13.2. The molecule has 0 saturated heterocycles. The third-order valence-electron chi connectivity index (χ3n) is 4.44. The molecule has 18 heavy (non-hydrogen) atoms. The van der Waals surface area contributed by atoms with Gasteiger partial charge in [-0.2, -0.15) is 0 Å². The fourth-order valence-corrected chi connectivity index (χ4v) is 3.66. The maximum atomic E-state index is 6.14. The molecule has 98 valence electrons. The molecule has 1 aliphatic rings. The highest BCUT2D eigenvalue weighted by Crippen LogP contribution is 2.47. The van der Waals surface area contributed by atoms with Crippen molar-refractivity contribution in [1.82, 2.24) is 0 Å². The van der Waals surface area contributed by atoms with E-state index in [1.54, 1.807) is 11.1 Å². The second-order valence-corrected chi connectivity index (χ2v) is 6.28. The van der Waals surface area contributed by atoms with E-state index in [2.05, 4.69) is 39.8 Å². The van der Waals surface area contributed by atoms with E-state index in [1.807, 2.05) is 12.1 Å². The lowest BCUT2D eigenvalue weighted by Crippen LogP contribution is -2.24. The Morgan fingerprint density at radius 3 is 2.50 bits per heavy atom. The molecule has 0 bridgehead atoms. The maximum absolute atomic E-state index is 6.14. The van der Waals surface area contributed by atoms with Gasteiger partial charge in [-0.15, -0.1) is 0 Å². The van der Waals surface area contributed by atoms with Crippen molar-refractivity contribution in [2.75, 3.05) is 5.73 Å². The van der Waals surface area contributed by atoms with Crippen LogP contribution in [0.15, 0.2) is 35.4 Å². The Morgan fingerprint density at radius 2 is 1.89 bits per heavy atom. The Kier molecular flexibility index (Phi) is 3.52. The molecule has 1 nitrogen and oxygen atoms in total. The van der Waals surface area contributed by atoms with Gasteiger partial charge in [0.15, 0.2) is 0 Å². The first-order chi connectivity index (χ1) is 8.43. The topological polar surface area (TPSA) is 26.0 Å². The van der Waals surface area contributed by atoms with Gasteiger partial charge in [-0.25, -0.2) is 0 Å². The predicted molar refractivity (Wildman–Crippen MR) is 79.6 cm³/mol. The predicted octanol–water partition coefficient (Wildman–Crippen LogP) is 4.90. The van der Waals surface area contributed by atoms with Crippen LogP contribution in [0.1, 0.15) is 58.4 Å². The summed E-state index contributed by atoms with van der Waals surface area (Å²) in [5.41, 5.74) is 11.8. The SMILES string of the molecule is CC1=C(C(C)c2ccccc2N)C(C)(C)CCC1. The first-order valence-corrected chi connectivity index (χ1v) is 6.98. The second-order valence-electron chi connectivity index (χ2n) is 6.28. The minimum absolute atomic E-state index is 0.310. The fourth-order valence-electron chi connectivity index (χ4n) is 3.66. The Labute approximate surface area is 111 Å². The van der Waals surface area contributed by atoms with Gasteiger partial charge < -0.3 is 5.73 Å². The molecule has 2 N–H and O–H groups in total. The van der Waals surface area contributed by atoms with Crippen LogP contribution in [0.5, 0.6) is 0 Å². The van der Waals surface area contributed by atoms with Crippen molar-refractivity contribution in [3.8, 4) is 0 Å². The van der Waals surface area contributed by atoms with Gasteiger partial charge in [0, 0.05) is 11.6 Å². The molecule has 1 heteroatoms. The summed E-state index contributed by atoms with van der Waals surface area (Å²) in [7, 11) is 0. The molecular weight excluding hydrogens is 218 g/mol. The van der Waals surface area contributed by atoms with Crippen molar-refractivity contribution in [2.24, 2.45) is 5.41 Å². The molecule has 0 aliphatic heterocycles. The van der Waals surface area contributed by atoms with E-state index in [-0.39, 0.29) is 0 Å². The summed E-state index contributed by atoms with van der Waals surface area (Å²) < 4.78 is 0. The Morgan fingerprint density at radius 1 is 1.22 bits per heavy atom. The van der Waals surface area contributed by atoms with E-state index in [4.69, 9.17) is 5.73 Å². The van der Waals surface area contributed by atoms with Crippen molar-refractivity contribution >= 4 is 5.69 Å². The van der Waals surface area contributed by atoms with Crippen LogP contribution in [0.4, 0.5) is 5.69 Å². The lowest BCUT2D eigenvalue weighted by atomic mass is 9.67. The van der Waals surface area contributed by atoms with Crippen LogP contribution in [0.3, 0.4) is 0 Å². The summed E-state index contributed by atoms with van der Waals surface area (Å²) in [5.74, 6) is 0.432. The maximum Gasteiger partial charge on any atom is 0.0352 e. The summed E-state index contributed by atoms with van der Waals surface area (Å²) in [6.45, 7) is 9.35. The third-order valence-corrected chi connectivity index (χ3v) is 4.44. The number of anilines is 1. The van der Waals surface area contributed by atoms with Crippen LogP contribution in [-0.4, -0.2) is 0 Å². The molecule has 1 unspecified atom stereocenters. The van der Waals surface area contributed by atoms with E-state index in [9.17, 15) is 0 Å². The van der Waals surface area contributed by atoms with Crippen molar-refractivity contribution in [3.63, 3.8) is 0 Å². The molecule has 2 rings (SSSR count). The van der Waals surface area contributed by atoms with Crippen LogP contribution in [0.25, 0.3) is 0 Å². The highest BCUT2D eigenvalue weighted by molar-refractivity contribution is 5.52. The minimum atomic E-state index is 0.310. The zero-order valence-corrected chi connectivity index (χ0v) is 12.1. The molecule has 0 spiro atoms. The van der Waals surface area contributed by atoms with Gasteiger partial charge in [0.25, 0.3) is 0 Å². The van der Waals surface area contributed by atoms with Crippen LogP contribution < -0.4 is 5.73 Å². The highest BCUT2D eigenvalue weighted by atomic mass is 14.6. The van der Waals surface area contributed by atoms with Crippen LogP contribution in [0.2, 0.25) is 0 Å². The summed E-state index contributed by atoms with van der Waals surface area (Å²) in [6, 6.07) is 8.29. The Bertz CT molecular complexity index is 468. The van der Waals surface area contributed by atoms with Gasteiger partial charge in [0.1, 0.15) is 0 Å². The molecule has 1 aromatic carbocycles. The van der Waals surface area contributed by atoms with E-state index in [0.29, 0.717) is 11.3 Å². The van der Waals surface area contributed by atoms with Crippen LogP contribution >= 0.6 is 0 Å². The number of benzene rings is 1. The van der Waals surface area contributed by atoms with Crippen LogP contribution in [-0.2, 0) is 0 Å². The quantitative estimate of drug-likeness (QED) is 0.580. The molecule has 0 fully saturated rings. The smallest absolute Gasteiger partial charge is 0.0352 e. The lowest BCUT2D eigenvalue weighted by Gasteiger charge is -2.38. The zero-order chi connectivity index (χ0) is 13.3. The summed E-state index contributed by atoms with van der Waals surface area (Å²) in [5, 5.41) is 0. The average Bonchev–Trinajstić information content (AvgIpc) is 2.28. The standard InChI is InChI=1S/C17H25N/c1-12-8-7-11-17(3,4)16(12)13(2)14-9-5-6-10-15(14)18/h5-6,9-10,13H,7-8,11,18H2,1-4H3. The van der Waals surface area contributed by atoms with E-state index < -0.39 is 0 Å². The number of allylic oxidation sites excluding steroid dienone is 2. The zero-order valence-electron chi connectivity index (χ0n) is 12.1. The van der Waals surface area contributed by atoms with Crippen molar-refractivity contribution in [2.45, 2.75) is 52.9 Å². The Hall–Kier alpha value is -1.24. The van der Waals surface area contributed by atoms with E-state index in [1.165, 1.54) is 24.8 Å². The van der Waals surface area contributed by atoms with Gasteiger partial charge >= 0.3 is 0 Å². The largest absolute Gasteiger partial charge is 0.398 e. The normalized spacial score (nSPS) is 20.9. The van der Waals surface area contributed by atoms with E-state index >= 15 is 0 Å². The summed E-state index contributed by atoms with van der Waals surface area (Å²) in [6.07, 6.45) is 3.85. The number of nitrogen functional groups attached to an aromatic ring is 1. The first-order valence-electron chi connectivity index (χ1n) is 6.98. The molecule has 1 aromatic rings. The average molecular weight is 243 g/mol. The highest BCUT2D eigenvalue weighted by Gasteiger charge is 2.32. The minimum Gasteiger partial charge on any atom is -0.398 e. The van der Waals surface area contributed by atoms with Gasteiger partial charge in [0.2, 0.25) is 0 Å². The summed E-state index contributed by atoms with van der Waals surface area (Å²) >= 11 is 0. The third kappa shape index (κ3) is 2.31. The van der Waals surface area contributed by atoms with Gasteiger partial charge in [0.05, 0.1) is 0 Å². The molecular formula is C17H25N. The van der Waals surface area contributed by atoms with Gasteiger partial charge in [-0.1, -0.05) is 50.1 Å². The monoisotopic (exact) mass is 243 g/mol. The molecule has 0 amide bonds. The Balaban J connectivity index is 2.45. The molecule has 0 aromatic heterocycles. The van der Waals surface area contributed by atoms with Crippen LogP contribution in [0, 0.1) is 5.41 Å². The molecule has 1 atom stereocenters. The van der Waals surface area contributed by atoms with Gasteiger partial charge in [-0.3, -0.25) is 0 Å². The number of hydrogen-bond acceptors (Lipinski definition) is 1. The van der Waals surface area contributed by atoms with Crippen molar-refractivity contribution < 1.29 is 0 Å². The number of para-hydroxylation sites is 1. The summed E-state index contributed by atoms with van der Waals surface area (Å²) in [4.78, 5) is 0. The molecule has 0 heterocycles. The second kappa shape index (κ2) is 4.79. The number of rotatable bonds is 2. The molecule has 0 saturated carbocycles. The number of nitrogens with two attached hydrogens (primary N) is 1. The van der Waals surface area contributed by atoms with Gasteiger partial charge in [-0.05, 0) is 43.2 Å². The lowest BCUT2D eigenvalue weighted by molar-refractivity contribution is 0.347. The van der Waals surface area contributed by atoms with Crippen molar-refractivity contribution in [3.05, 3.63) is 41.0 Å². The molecule has 1 aliphatic carbocycles. The van der Waals surface area contributed by atoms with E-state index in [0.717, 1.165) is 5.69 Å². The fraction of sp³-hybridized carbons (Fsp3) is 0.529. The molecule has 0 radical (unpaired) electrons. The van der Waals surface area contributed by atoms with Crippen molar-refractivity contribution in [1.29, 1.82) is 0 Å². The number of hydrogen-bond donors (Lipinski definition) is 1.